The molecule has 114 valence electrons. The van der Waals surface area contributed by atoms with Crippen molar-refractivity contribution in [1.82, 2.24) is 0 Å². The van der Waals surface area contributed by atoms with Crippen molar-refractivity contribution >= 4 is 10.8 Å². The molecule has 0 aliphatic carbocycles. The van der Waals surface area contributed by atoms with Crippen LogP contribution in [-0.4, -0.2) is 22.5 Å². The second-order valence-corrected chi connectivity index (χ2v) is 4.38. The van der Waals surface area contributed by atoms with Gasteiger partial charge in [0, 0.05) is 10.9 Å². The Morgan fingerprint density at radius 1 is 0.810 bits per heavy atom. The fourth-order valence-corrected chi connectivity index (χ4v) is 2.02. The van der Waals surface area contributed by atoms with E-state index in [0.717, 1.165) is 12.1 Å². The number of halogens is 6. The molecule has 8 heteroatoms. The molecular formula is C13H8F6O2. The Balaban J connectivity index is 2.82. The van der Waals surface area contributed by atoms with E-state index in [0.29, 0.717) is 6.07 Å². The Bertz CT molecular complexity index is 660. The first-order valence-corrected chi connectivity index (χ1v) is 5.57. The predicted octanol–water partition coefficient (Wildman–Crippen LogP) is 3.86. The van der Waals surface area contributed by atoms with Gasteiger partial charge in [0.05, 0.1) is 0 Å². The lowest BCUT2D eigenvalue weighted by atomic mass is 9.90. The predicted molar refractivity (Wildman–Crippen MR) is 61.6 cm³/mol. The molecule has 21 heavy (non-hydrogen) atoms. The van der Waals surface area contributed by atoms with E-state index in [1.165, 1.54) is 18.2 Å². The SMILES string of the molecule is Oc1c(C(F)(C(O)(F)F)C(F)(F)F)ccc2ccccc12. The van der Waals surface area contributed by atoms with Crippen LogP contribution in [0, 0.1) is 0 Å². The highest BCUT2D eigenvalue weighted by atomic mass is 19.4. The summed E-state index contributed by atoms with van der Waals surface area (Å²) in [7, 11) is 0. The molecule has 2 nitrogen and oxygen atoms in total. The number of hydrogen-bond acceptors (Lipinski definition) is 2. The Labute approximate surface area is 114 Å². The quantitative estimate of drug-likeness (QED) is 0.827. The van der Waals surface area contributed by atoms with Gasteiger partial charge >= 0.3 is 18.0 Å². The Kier molecular flexibility index (Phi) is 3.32. The molecule has 1 atom stereocenters. The summed E-state index contributed by atoms with van der Waals surface area (Å²) in [5.41, 5.74) is -7.17. The van der Waals surface area contributed by atoms with Crippen LogP contribution in [0.1, 0.15) is 5.56 Å². The Hall–Kier alpha value is -1.96. The standard InChI is InChI=1S/C13H8F6O2/c14-11(12(15,16)17,13(18,19)21)9-6-5-7-3-1-2-4-8(7)10(9)20/h1-6,20-21H. The molecule has 1 unspecified atom stereocenters. The summed E-state index contributed by atoms with van der Waals surface area (Å²) in [6.45, 7) is 0. The summed E-state index contributed by atoms with van der Waals surface area (Å²) in [5.74, 6) is -1.30. The fraction of sp³-hybridized carbons (Fsp3) is 0.231. The first kappa shape index (κ1) is 15.4. The number of hydrogen-bond donors (Lipinski definition) is 2. The molecule has 2 N–H and O–H groups in total. The monoisotopic (exact) mass is 310 g/mol. The number of alkyl halides is 6. The van der Waals surface area contributed by atoms with Crippen LogP contribution in [0.3, 0.4) is 0 Å². The van der Waals surface area contributed by atoms with Gasteiger partial charge in [-0.2, -0.15) is 22.0 Å². The number of benzene rings is 2. The van der Waals surface area contributed by atoms with Gasteiger partial charge < -0.3 is 10.2 Å². The molecule has 0 radical (unpaired) electrons. The highest BCUT2D eigenvalue weighted by Gasteiger charge is 2.73. The second-order valence-electron chi connectivity index (χ2n) is 4.38. The van der Waals surface area contributed by atoms with Crippen LogP contribution >= 0.6 is 0 Å². The van der Waals surface area contributed by atoms with Crippen LogP contribution in [-0.2, 0) is 5.67 Å². The zero-order valence-electron chi connectivity index (χ0n) is 10.1. The zero-order chi connectivity index (χ0) is 16.1. The lowest BCUT2D eigenvalue weighted by molar-refractivity contribution is -0.375. The van der Waals surface area contributed by atoms with Crippen molar-refractivity contribution in [3.05, 3.63) is 42.0 Å². The van der Waals surface area contributed by atoms with Crippen molar-refractivity contribution in [2.24, 2.45) is 0 Å². The van der Waals surface area contributed by atoms with Crippen LogP contribution < -0.4 is 0 Å². The van der Waals surface area contributed by atoms with E-state index < -0.39 is 29.3 Å². The molecule has 0 aromatic heterocycles. The summed E-state index contributed by atoms with van der Waals surface area (Å²) in [5, 5.41) is 18.1. The molecule has 2 aromatic carbocycles. The van der Waals surface area contributed by atoms with Gasteiger partial charge in [0.2, 0.25) is 0 Å². The number of phenols is 1. The summed E-state index contributed by atoms with van der Waals surface area (Å²) in [4.78, 5) is 0. The summed E-state index contributed by atoms with van der Waals surface area (Å²) >= 11 is 0. The molecule has 2 aromatic rings. The molecule has 0 bridgehead atoms. The summed E-state index contributed by atoms with van der Waals surface area (Å²) in [6.07, 6.45) is -11.9. The number of fused-ring (bicyclic) bond motifs is 1. The van der Waals surface area contributed by atoms with Crippen molar-refractivity contribution in [1.29, 1.82) is 0 Å². The average molecular weight is 310 g/mol. The number of phenolic OH excluding ortho intramolecular Hbond substituents is 1. The number of aromatic hydroxyl groups is 1. The summed E-state index contributed by atoms with van der Waals surface area (Å²) < 4.78 is 78.0. The van der Waals surface area contributed by atoms with E-state index in [1.807, 2.05) is 0 Å². The Morgan fingerprint density at radius 2 is 1.38 bits per heavy atom. The topological polar surface area (TPSA) is 40.5 Å². The average Bonchev–Trinajstić information content (AvgIpc) is 2.36. The maximum atomic E-state index is 14.0. The highest BCUT2D eigenvalue weighted by molar-refractivity contribution is 5.89. The first-order chi connectivity index (χ1) is 9.50. The molecule has 2 rings (SSSR count). The van der Waals surface area contributed by atoms with E-state index in [-0.39, 0.29) is 10.8 Å². The van der Waals surface area contributed by atoms with Crippen LogP contribution in [0.25, 0.3) is 10.8 Å². The van der Waals surface area contributed by atoms with Gasteiger partial charge in [0.1, 0.15) is 5.75 Å². The minimum atomic E-state index is -6.13. The molecule has 0 aliphatic heterocycles. The molecule has 0 saturated carbocycles. The highest BCUT2D eigenvalue weighted by Crippen LogP contribution is 2.54. The van der Waals surface area contributed by atoms with Crippen molar-refractivity contribution in [3.8, 4) is 5.75 Å². The smallest absolute Gasteiger partial charge is 0.435 e. The minimum Gasteiger partial charge on any atom is -0.507 e. The summed E-state index contributed by atoms with van der Waals surface area (Å²) in [6, 6.07) is 6.67. The van der Waals surface area contributed by atoms with Crippen molar-refractivity contribution in [2.45, 2.75) is 18.0 Å². The third kappa shape index (κ3) is 2.19. The maximum absolute atomic E-state index is 14.0. The number of aliphatic hydroxyl groups is 1. The fourth-order valence-electron chi connectivity index (χ4n) is 2.02. The molecule has 0 spiro atoms. The van der Waals surface area contributed by atoms with Gasteiger partial charge in [-0.25, -0.2) is 4.39 Å². The van der Waals surface area contributed by atoms with Crippen LogP contribution in [0.15, 0.2) is 36.4 Å². The largest absolute Gasteiger partial charge is 0.507 e. The van der Waals surface area contributed by atoms with Gasteiger partial charge in [0.25, 0.3) is 0 Å². The molecule has 0 heterocycles. The second kappa shape index (κ2) is 4.52. The van der Waals surface area contributed by atoms with Gasteiger partial charge in [-0.05, 0) is 5.39 Å². The first-order valence-electron chi connectivity index (χ1n) is 5.57. The van der Waals surface area contributed by atoms with Gasteiger partial charge in [-0.3, -0.25) is 0 Å². The normalized spacial score (nSPS) is 16.0. The van der Waals surface area contributed by atoms with Crippen molar-refractivity contribution in [2.75, 3.05) is 0 Å². The van der Waals surface area contributed by atoms with E-state index in [9.17, 15) is 31.4 Å². The van der Waals surface area contributed by atoms with Crippen LogP contribution in [0.5, 0.6) is 5.75 Å². The molecular weight excluding hydrogens is 302 g/mol. The van der Waals surface area contributed by atoms with E-state index in [2.05, 4.69) is 0 Å². The molecule has 0 saturated heterocycles. The lowest BCUT2D eigenvalue weighted by Gasteiger charge is -2.32. The lowest BCUT2D eigenvalue weighted by Crippen LogP contribution is -2.52. The van der Waals surface area contributed by atoms with E-state index >= 15 is 0 Å². The van der Waals surface area contributed by atoms with Crippen LogP contribution in [0.2, 0.25) is 0 Å². The van der Waals surface area contributed by atoms with Crippen molar-refractivity contribution in [3.63, 3.8) is 0 Å². The third-order valence-electron chi connectivity index (χ3n) is 3.08. The maximum Gasteiger partial charge on any atom is 0.435 e. The molecule has 0 aliphatic rings. The molecule has 0 fully saturated rings. The van der Waals surface area contributed by atoms with Gasteiger partial charge in [-0.15, -0.1) is 0 Å². The minimum absolute atomic E-state index is 0.226. The van der Waals surface area contributed by atoms with E-state index in [1.54, 1.807) is 0 Å². The van der Waals surface area contributed by atoms with Crippen LogP contribution in [0.4, 0.5) is 26.3 Å². The number of rotatable bonds is 2. The Morgan fingerprint density at radius 3 is 1.90 bits per heavy atom. The molecule has 0 amide bonds. The van der Waals surface area contributed by atoms with E-state index in [4.69, 9.17) is 5.11 Å². The third-order valence-corrected chi connectivity index (χ3v) is 3.08. The zero-order valence-corrected chi connectivity index (χ0v) is 10.1. The van der Waals surface area contributed by atoms with Gasteiger partial charge in [-0.1, -0.05) is 36.4 Å². The van der Waals surface area contributed by atoms with Crippen molar-refractivity contribution < 1.29 is 36.6 Å². The van der Waals surface area contributed by atoms with Gasteiger partial charge in [0.15, 0.2) is 0 Å².